The Kier molecular flexibility index (Phi) is 10.1. The molecular weight excluding hydrogens is 755 g/mol. The number of hydrogen-bond donors (Lipinski definition) is 1. The van der Waals surface area contributed by atoms with E-state index in [1.54, 1.807) is 7.11 Å². The average Bonchev–Trinajstić information content (AvgIpc) is 3.93. The van der Waals surface area contributed by atoms with E-state index in [0.29, 0.717) is 31.5 Å². The second-order valence-corrected chi connectivity index (χ2v) is 21.2. The fourth-order valence-corrected chi connectivity index (χ4v) is 14.1. The molecule has 1 fully saturated rings. The van der Waals surface area contributed by atoms with Crippen molar-refractivity contribution in [2.45, 2.75) is 69.0 Å². The first-order valence-corrected chi connectivity index (χ1v) is 23.6. The summed E-state index contributed by atoms with van der Waals surface area (Å²) in [5.41, 5.74) is 5.32. The maximum Gasteiger partial charge on any atom is 0.268 e. The van der Waals surface area contributed by atoms with Gasteiger partial charge >= 0.3 is 0 Å². The molecule has 1 unspecified atom stereocenters. The maximum atomic E-state index is 15.6. The number of nitrogens with zero attached hydrogens (tertiary/aromatic N) is 5. The molecule has 3 aliphatic heterocycles. The van der Waals surface area contributed by atoms with Crippen LogP contribution in [-0.4, -0.2) is 59.8 Å². The second kappa shape index (κ2) is 15.4. The van der Waals surface area contributed by atoms with Gasteiger partial charge in [-0.1, -0.05) is 109 Å². The number of carbonyl (C=O) groups is 2. The van der Waals surface area contributed by atoms with E-state index >= 15 is 4.79 Å². The summed E-state index contributed by atoms with van der Waals surface area (Å²) in [6.07, 6.45) is 3.25. The molecule has 0 radical (unpaired) electrons. The highest BCUT2D eigenvalue weighted by Crippen LogP contribution is 2.61. The van der Waals surface area contributed by atoms with Crippen LogP contribution in [0.3, 0.4) is 0 Å². The first kappa shape index (κ1) is 38.6. The summed E-state index contributed by atoms with van der Waals surface area (Å²) in [5, 5.41) is 20.6. The summed E-state index contributed by atoms with van der Waals surface area (Å²) < 4.78 is 14.9. The number of aliphatic hydroxyl groups excluding tert-OH is 1. The van der Waals surface area contributed by atoms with Gasteiger partial charge in [0.25, 0.3) is 5.91 Å². The monoisotopic (exact) mass is 803 g/mol. The smallest absolute Gasteiger partial charge is 0.268 e. The van der Waals surface area contributed by atoms with Crippen LogP contribution in [0.2, 0.25) is 18.6 Å². The van der Waals surface area contributed by atoms with Crippen molar-refractivity contribution in [3.63, 3.8) is 0 Å². The molecule has 59 heavy (non-hydrogen) atoms. The standard InChI is InChI=1S/C48H49N5O5Si/c1-32-46(59(3,4)38-23-21-37(57-2)22-24-38)44(27-28-51-30-41(49-50-51)39(31-54)33-13-7-5-8-14-33)58-48(32)40-29-36(52-42-18-12-11-15-34(42)19-26-45(52)55)20-25-43(40)53(47(48)56)35-16-9-6-10-17-35/h5-18,20-25,29-30,32,39,44,46,54H,19,26-28,31H2,1-4H3/t32-,39?,44+,46-,48+/m0/s1. The van der Waals surface area contributed by atoms with E-state index in [-0.39, 0.29) is 41.9 Å². The molecule has 5 aromatic carbocycles. The number of aliphatic hydroxyl groups is 1. The molecule has 0 saturated carbocycles. The van der Waals surface area contributed by atoms with Crippen molar-refractivity contribution >= 4 is 47.8 Å². The van der Waals surface area contributed by atoms with Crippen LogP contribution in [-0.2, 0) is 32.9 Å². The molecule has 0 aliphatic carbocycles. The number of benzene rings is 5. The Balaban J connectivity index is 1.15. The number of anilines is 4. The molecule has 1 aromatic heterocycles. The average molecular weight is 804 g/mol. The molecule has 4 heterocycles. The minimum Gasteiger partial charge on any atom is -0.497 e. The molecule has 3 aliphatic rings. The third-order valence-electron chi connectivity index (χ3n) is 13.0. The minimum atomic E-state index is -2.45. The predicted octanol–water partition coefficient (Wildman–Crippen LogP) is 8.01. The fourth-order valence-electron chi connectivity index (χ4n) is 10.1. The Morgan fingerprint density at radius 3 is 2.29 bits per heavy atom. The van der Waals surface area contributed by atoms with Crippen LogP contribution >= 0.6 is 0 Å². The lowest BCUT2D eigenvalue weighted by atomic mass is 9.82. The van der Waals surface area contributed by atoms with E-state index < -0.39 is 13.7 Å². The first-order valence-electron chi connectivity index (χ1n) is 20.5. The highest BCUT2D eigenvalue weighted by Gasteiger charge is 2.66. The lowest BCUT2D eigenvalue weighted by molar-refractivity contribution is -0.145. The zero-order valence-corrected chi connectivity index (χ0v) is 34.9. The Hall–Kier alpha value is -5.88. The van der Waals surface area contributed by atoms with Crippen LogP contribution in [0.15, 0.2) is 134 Å². The number of para-hydroxylation sites is 2. The molecule has 9 rings (SSSR count). The molecular formula is C48H49N5O5Si. The lowest BCUT2D eigenvalue weighted by Crippen LogP contribution is -2.51. The first-order chi connectivity index (χ1) is 28.6. The van der Waals surface area contributed by atoms with E-state index in [1.807, 2.05) is 130 Å². The Labute approximate surface area is 346 Å². The summed E-state index contributed by atoms with van der Waals surface area (Å²) in [5.74, 6) is 0.140. The predicted molar refractivity (Wildman–Crippen MR) is 232 cm³/mol. The van der Waals surface area contributed by atoms with Crippen LogP contribution in [0.5, 0.6) is 5.75 Å². The van der Waals surface area contributed by atoms with Crippen LogP contribution in [0.4, 0.5) is 22.7 Å². The third-order valence-corrected chi connectivity index (χ3v) is 17.4. The van der Waals surface area contributed by atoms with Crippen molar-refractivity contribution in [3.05, 3.63) is 156 Å². The number of ether oxygens (including phenoxy) is 2. The van der Waals surface area contributed by atoms with Gasteiger partial charge in [-0.05, 0) is 78.0 Å². The molecule has 11 heteroatoms. The number of methoxy groups -OCH3 is 1. The van der Waals surface area contributed by atoms with Crippen molar-refractivity contribution in [1.29, 1.82) is 0 Å². The summed E-state index contributed by atoms with van der Waals surface area (Å²) in [7, 11) is -0.778. The van der Waals surface area contributed by atoms with Crippen molar-refractivity contribution < 1.29 is 24.2 Å². The van der Waals surface area contributed by atoms with Gasteiger partial charge in [0.05, 0.1) is 50.9 Å². The van der Waals surface area contributed by atoms with Gasteiger partial charge in [0.1, 0.15) is 5.75 Å². The van der Waals surface area contributed by atoms with Gasteiger partial charge in [-0.25, -0.2) is 0 Å². The molecule has 300 valence electrons. The molecule has 6 aromatic rings. The fraction of sp³-hybridized carbons (Fsp3) is 0.292. The van der Waals surface area contributed by atoms with Crippen molar-refractivity contribution in [3.8, 4) is 5.75 Å². The van der Waals surface area contributed by atoms with Crippen LogP contribution < -0.4 is 19.7 Å². The van der Waals surface area contributed by atoms with Crippen molar-refractivity contribution in [2.75, 3.05) is 23.5 Å². The highest BCUT2D eigenvalue weighted by atomic mass is 28.3. The van der Waals surface area contributed by atoms with Gasteiger partial charge in [0.2, 0.25) is 5.91 Å². The Morgan fingerprint density at radius 1 is 0.847 bits per heavy atom. The van der Waals surface area contributed by atoms with Gasteiger partial charge in [0, 0.05) is 42.0 Å². The summed E-state index contributed by atoms with van der Waals surface area (Å²) in [4.78, 5) is 33.0. The van der Waals surface area contributed by atoms with E-state index in [2.05, 4.69) is 48.5 Å². The van der Waals surface area contributed by atoms with Crippen molar-refractivity contribution in [1.82, 2.24) is 15.0 Å². The number of aryl methyl sites for hydroxylation is 2. The number of amides is 2. The number of aromatic nitrogens is 3. The van der Waals surface area contributed by atoms with Gasteiger partial charge in [-0.2, -0.15) is 0 Å². The van der Waals surface area contributed by atoms with Gasteiger partial charge in [0.15, 0.2) is 5.60 Å². The lowest BCUT2D eigenvalue weighted by Gasteiger charge is -2.37. The number of hydrogen-bond acceptors (Lipinski definition) is 7. The van der Waals surface area contributed by atoms with Gasteiger partial charge in [-0.3, -0.25) is 24.1 Å². The van der Waals surface area contributed by atoms with E-state index in [9.17, 15) is 9.90 Å². The van der Waals surface area contributed by atoms with Crippen LogP contribution in [0, 0.1) is 5.92 Å². The number of rotatable bonds is 11. The largest absolute Gasteiger partial charge is 0.497 e. The molecule has 1 spiro atoms. The van der Waals surface area contributed by atoms with Gasteiger partial charge < -0.3 is 14.6 Å². The van der Waals surface area contributed by atoms with E-state index in [4.69, 9.17) is 9.47 Å². The van der Waals surface area contributed by atoms with E-state index in [1.165, 1.54) is 5.19 Å². The van der Waals surface area contributed by atoms with Crippen LogP contribution in [0.1, 0.15) is 48.1 Å². The summed E-state index contributed by atoms with van der Waals surface area (Å²) in [6, 6.07) is 42.0. The Morgan fingerprint density at radius 2 is 1.56 bits per heavy atom. The molecule has 1 N–H and O–H groups in total. The Bertz CT molecular complexity index is 2490. The number of carbonyl (C=O) groups excluding carboxylic acids is 2. The third kappa shape index (κ3) is 6.48. The van der Waals surface area contributed by atoms with Gasteiger partial charge in [-0.15, -0.1) is 5.10 Å². The highest BCUT2D eigenvalue weighted by molar-refractivity contribution is 6.91. The minimum absolute atomic E-state index is 0.0121. The molecule has 0 bridgehead atoms. The molecule has 5 atom stereocenters. The maximum absolute atomic E-state index is 15.6. The normalized spacial score (nSPS) is 21.8. The number of fused-ring (bicyclic) bond motifs is 3. The van der Waals surface area contributed by atoms with Crippen molar-refractivity contribution in [2.24, 2.45) is 5.92 Å². The second-order valence-electron chi connectivity index (χ2n) is 16.5. The SMILES string of the molecule is COc1ccc([Si](C)(C)[C@@H]2[C@@H](CCn3cc(C(CO)c4ccccc4)nn3)O[C@]3(C(=O)N(c4ccccc4)c4ccc(N5C(=O)CCc6ccccc65)cc43)[C@H]2C)cc1. The zero-order chi connectivity index (χ0) is 40.9. The molecule has 2 amide bonds. The van der Waals surface area contributed by atoms with Crippen LogP contribution in [0.25, 0.3) is 0 Å². The summed E-state index contributed by atoms with van der Waals surface area (Å²) >= 11 is 0. The topological polar surface area (TPSA) is 110 Å². The zero-order valence-electron chi connectivity index (χ0n) is 33.9. The molecule has 1 saturated heterocycles. The molecule has 10 nitrogen and oxygen atoms in total. The quantitative estimate of drug-likeness (QED) is 0.132. The summed E-state index contributed by atoms with van der Waals surface area (Å²) in [6.45, 7) is 7.35. The van der Waals surface area contributed by atoms with E-state index in [0.717, 1.165) is 45.2 Å².